The van der Waals surface area contributed by atoms with Crippen LogP contribution in [0.4, 0.5) is 10.2 Å². The quantitative estimate of drug-likeness (QED) is 0.589. The number of aromatic nitrogens is 5. The lowest BCUT2D eigenvalue weighted by molar-refractivity contribution is 0.101. The summed E-state index contributed by atoms with van der Waals surface area (Å²) in [7, 11) is 0. The van der Waals surface area contributed by atoms with E-state index >= 15 is 0 Å². The molecule has 0 saturated carbocycles. The Morgan fingerprint density at radius 1 is 1.20 bits per heavy atom. The summed E-state index contributed by atoms with van der Waals surface area (Å²) in [6.45, 7) is 0. The normalized spacial score (nSPS) is 10.8. The Kier molecular flexibility index (Phi) is 3.82. The number of nitrogens with one attached hydrogen (secondary N) is 2. The number of nitrogens with zero attached hydrogens (tertiary/aromatic N) is 4. The van der Waals surface area contributed by atoms with E-state index in [4.69, 9.17) is 0 Å². The maximum atomic E-state index is 13.2. The average Bonchev–Trinajstić information content (AvgIpc) is 3.36. The number of rotatable bonds is 4. The minimum Gasteiger partial charge on any atom is -0.304 e. The van der Waals surface area contributed by atoms with Crippen LogP contribution in [-0.4, -0.2) is 30.9 Å². The van der Waals surface area contributed by atoms with Crippen molar-refractivity contribution in [2.45, 2.75) is 0 Å². The smallest absolute Gasteiger partial charge is 0.296 e. The molecular weight excluding hydrogens is 343 g/mol. The molecule has 7 nitrogen and oxygen atoms in total. The summed E-state index contributed by atoms with van der Waals surface area (Å²) in [6.07, 6.45) is 1.53. The third-order valence-electron chi connectivity index (χ3n) is 3.37. The van der Waals surface area contributed by atoms with Gasteiger partial charge in [-0.1, -0.05) is 6.07 Å². The van der Waals surface area contributed by atoms with Crippen molar-refractivity contribution in [2.75, 3.05) is 5.32 Å². The number of aromatic amines is 1. The first-order chi connectivity index (χ1) is 12.2. The Bertz CT molecular complexity index is 992. The van der Waals surface area contributed by atoms with Gasteiger partial charge in [-0.3, -0.25) is 9.89 Å². The number of benzene rings is 1. The summed E-state index contributed by atoms with van der Waals surface area (Å²) in [6, 6.07) is 11.2. The molecule has 0 aliphatic heterocycles. The van der Waals surface area contributed by atoms with E-state index in [1.807, 2.05) is 17.5 Å². The molecule has 0 spiro atoms. The van der Waals surface area contributed by atoms with E-state index in [0.29, 0.717) is 17.3 Å². The van der Waals surface area contributed by atoms with Crippen LogP contribution in [0.15, 0.2) is 54.0 Å². The van der Waals surface area contributed by atoms with Crippen molar-refractivity contribution in [1.29, 1.82) is 0 Å². The zero-order chi connectivity index (χ0) is 17.2. The number of carbonyl (C=O) groups excluding carboxylic acids is 1. The van der Waals surface area contributed by atoms with Gasteiger partial charge in [-0.2, -0.15) is 5.10 Å². The van der Waals surface area contributed by atoms with Gasteiger partial charge >= 0.3 is 0 Å². The Morgan fingerprint density at radius 3 is 2.72 bits per heavy atom. The minimum absolute atomic E-state index is 0.00215. The molecule has 124 valence electrons. The third-order valence-corrected chi connectivity index (χ3v) is 4.24. The number of H-pyrrole nitrogens is 1. The van der Waals surface area contributed by atoms with Crippen LogP contribution < -0.4 is 5.32 Å². The molecule has 0 aliphatic carbocycles. The van der Waals surface area contributed by atoms with Gasteiger partial charge in [0, 0.05) is 6.07 Å². The van der Waals surface area contributed by atoms with Gasteiger partial charge in [0.05, 0.1) is 16.8 Å². The van der Waals surface area contributed by atoms with E-state index in [9.17, 15) is 9.18 Å². The maximum Gasteiger partial charge on any atom is 0.296 e. The first-order valence-corrected chi connectivity index (χ1v) is 8.16. The van der Waals surface area contributed by atoms with E-state index < -0.39 is 5.91 Å². The van der Waals surface area contributed by atoms with Gasteiger partial charge in [0.15, 0.2) is 5.82 Å². The Hall–Kier alpha value is -3.33. The van der Waals surface area contributed by atoms with Crippen LogP contribution in [0.1, 0.15) is 10.6 Å². The highest BCUT2D eigenvalue weighted by atomic mass is 32.1. The van der Waals surface area contributed by atoms with Crippen LogP contribution in [0.5, 0.6) is 0 Å². The van der Waals surface area contributed by atoms with E-state index in [1.165, 1.54) is 34.3 Å². The van der Waals surface area contributed by atoms with Crippen LogP contribution in [-0.2, 0) is 0 Å². The molecule has 9 heteroatoms. The number of hydrogen-bond donors (Lipinski definition) is 2. The van der Waals surface area contributed by atoms with Crippen molar-refractivity contribution in [3.8, 4) is 16.4 Å². The summed E-state index contributed by atoms with van der Waals surface area (Å²) in [5.74, 6) is 0.140. The predicted octanol–water partition coefficient (Wildman–Crippen LogP) is 3.11. The molecule has 3 aromatic heterocycles. The molecule has 0 saturated heterocycles. The van der Waals surface area contributed by atoms with Crippen LogP contribution in [0.25, 0.3) is 16.4 Å². The molecule has 0 aliphatic rings. The second-order valence-electron chi connectivity index (χ2n) is 5.05. The van der Waals surface area contributed by atoms with E-state index in [-0.39, 0.29) is 11.6 Å². The second kappa shape index (κ2) is 6.29. The molecule has 25 heavy (non-hydrogen) atoms. The molecule has 0 fully saturated rings. The molecule has 4 aromatic rings. The minimum atomic E-state index is -0.470. The van der Waals surface area contributed by atoms with E-state index in [2.05, 4.69) is 25.6 Å². The van der Waals surface area contributed by atoms with Gasteiger partial charge in [0.25, 0.3) is 5.91 Å². The molecule has 0 unspecified atom stereocenters. The largest absolute Gasteiger partial charge is 0.304 e. The van der Waals surface area contributed by atoms with Crippen LogP contribution >= 0.6 is 11.3 Å². The SMILES string of the molecule is O=C(Nc1ccn[nH]1)c1nc(-c2cccs2)n(-c2ccc(F)cc2)n1. The molecular formula is C16H11FN6OS. The second-order valence-corrected chi connectivity index (χ2v) is 6.00. The molecule has 4 rings (SSSR count). The van der Waals surface area contributed by atoms with Gasteiger partial charge in [-0.25, -0.2) is 14.1 Å². The monoisotopic (exact) mass is 354 g/mol. The number of amides is 1. The number of anilines is 1. The molecule has 1 aromatic carbocycles. The summed E-state index contributed by atoms with van der Waals surface area (Å²) >= 11 is 1.47. The van der Waals surface area contributed by atoms with Crippen molar-refractivity contribution in [1.82, 2.24) is 25.0 Å². The Morgan fingerprint density at radius 2 is 2.04 bits per heavy atom. The van der Waals surface area contributed by atoms with Gasteiger partial charge in [-0.15, -0.1) is 16.4 Å². The highest BCUT2D eigenvalue weighted by molar-refractivity contribution is 7.13. The van der Waals surface area contributed by atoms with Crippen molar-refractivity contribution < 1.29 is 9.18 Å². The number of carbonyl (C=O) groups is 1. The Balaban J connectivity index is 1.75. The van der Waals surface area contributed by atoms with Crippen molar-refractivity contribution in [3.05, 3.63) is 65.7 Å². The summed E-state index contributed by atoms with van der Waals surface area (Å²) in [5.41, 5.74) is 0.609. The van der Waals surface area contributed by atoms with Crippen LogP contribution in [0, 0.1) is 5.82 Å². The summed E-state index contributed by atoms with van der Waals surface area (Å²) in [4.78, 5) is 17.6. The van der Waals surface area contributed by atoms with Gasteiger partial charge in [-0.05, 0) is 35.7 Å². The highest BCUT2D eigenvalue weighted by Gasteiger charge is 2.19. The molecule has 0 radical (unpaired) electrons. The fourth-order valence-corrected chi connectivity index (χ4v) is 2.94. The Labute approximate surface area is 145 Å². The number of halogens is 1. The van der Waals surface area contributed by atoms with Crippen molar-refractivity contribution >= 4 is 23.1 Å². The van der Waals surface area contributed by atoms with Gasteiger partial charge in [0.2, 0.25) is 5.82 Å². The first-order valence-electron chi connectivity index (χ1n) is 7.28. The topological polar surface area (TPSA) is 88.5 Å². The standard InChI is InChI=1S/C16H11FN6OS/c17-10-3-5-11(6-4-10)23-15(12-2-1-9-25-12)20-14(22-23)16(24)19-13-7-8-18-21-13/h1-9H,(H2,18,19,21,24). The maximum absolute atomic E-state index is 13.2. The molecule has 3 heterocycles. The number of thiophene rings is 1. The lowest BCUT2D eigenvalue weighted by atomic mass is 10.3. The van der Waals surface area contributed by atoms with E-state index in [1.54, 1.807) is 18.2 Å². The zero-order valence-corrected chi connectivity index (χ0v) is 13.5. The lowest BCUT2D eigenvalue weighted by Crippen LogP contribution is -2.14. The molecule has 1 amide bonds. The van der Waals surface area contributed by atoms with Crippen molar-refractivity contribution in [3.63, 3.8) is 0 Å². The number of hydrogen-bond acceptors (Lipinski definition) is 5. The van der Waals surface area contributed by atoms with E-state index in [0.717, 1.165) is 4.88 Å². The van der Waals surface area contributed by atoms with Crippen LogP contribution in [0.2, 0.25) is 0 Å². The predicted molar refractivity (Wildman–Crippen MR) is 91.2 cm³/mol. The molecule has 0 atom stereocenters. The van der Waals surface area contributed by atoms with Crippen molar-refractivity contribution in [2.24, 2.45) is 0 Å². The van der Waals surface area contributed by atoms with Gasteiger partial charge in [0.1, 0.15) is 11.6 Å². The van der Waals surface area contributed by atoms with Crippen LogP contribution in [0.3, 0.4) is 0 Å². The fraction of sp³-hybridized carbons (Fsp3) is 0. The fourth-order valence-electron chi connectivity index (χ4n) is 2.24. The third kappa shape index (κ3) is 3.04. The zero-order valence-electron chi connectivity index (χ0n) is 12.7. The molecule has 2 N–H and O–H groups in total. The summed E-state index contributed by atoms with van der Waals surface area (Å²) < 4.78 is 14.7. The summed E-state index contributed by atoms with van der Waals surface area (Å²) in [5, 5.41) is 15.2. The lowest BCUT2D eigenvalue weighted by Gasteiger charge is -2.03. The highest BCUT2D eigenvalue weighted by Crippen LogP contribution is 2.25. The molecule has 0 bridgehead atoms. The van der Waals surface area contributed by atoms with Gasteiger partial charge < -0.3 is 5.32 Å². The first kappa shape index (κ1) is 15.2. The average molecular weight is 354 g/mol.